The number of hydrogen-bond donors (Lipinski definition) is 2. The summed E-state index contributed by atoms with van der Waals surface area (Å²) in [5.41, 5.74) is 11.4. The fraction of sp³-hybridized carbons (Fsp3) is 0.923. The molecule has 4 heteroatoms. The molecule has 3 unspecified atom stereocenters. The third-order valence-electron chi connectivity index (χ3n) is 4.47. The largest absolute Gasteiger partial charge is 0.368 e. The molecule has 1 saturated heterocycles. The Morgan fingerprint density at radius 2 is 1.88 bits per heavy atom. The van der Waals surface area contributed by atoms with E-state index < -0.39 is 0 Å². The van der Waals surface area contributed by atoms with Crippen LogP contribution in [-0.2, 0) is 4.79 Å². The Labute approximate surface area is 104 Å². The summed E-state index contributed by atoms with van der Waals surface area (Å²) in [7, 11) is 0. The summed E-state index contributed by atoms with van der Waals surface area (Å²) in [6.07, 6.45) is 8.29. The second kappa shape index (κ2) is 5.83. The van der Waals surface area contributed by atoms with Crippen LogP contribution in [0, 0.1) is 5.92 Å². The summed E-state index contributed by atoms with van der Waals surface area (Å²) in [6.45, 7) is 1.77. The van der Waals surface area contributed by atoms with Crippen LogP contribution in [0.15, 0.2) is 0 Å². The SMILES string of the molecule is NCC1CCCCCC1N1CCCC1C(N)=O. The normalized spacial score (nSPS) is 35.7. The number of nitrogens with zero attached hydrogens (tertiary/aromatic N) is 1. The molecule has 4 N–H and O–H groups in total. The third-order valence-corrected chi connectivity index (χ3v) is 4.47. The van der Waals surface area contributed by atoms with Crippen LogP contribution >= 0.6 is 0 Å². The van der Waals surface area contributed by atoms with Gasteiger partial charge >= 0.3 is 0 Å². The Balaban J connectivity index is 2.09. The van der Waals surface area contributed by atoms with Gasteiger partial charge in [0.25, 0.3) is 0 Å². The van der Waals surface area contributed by atoms with Crippen molar-refractivity contribution in [1.82, 2.24) is 4.90 Å². The topological polar surface area (TPSA) is 72.3 Å². The molecule has 0 aromatic rings. The van der Waals surface area contributed by atoms with Crippen molar-refractivity contribution in [3.8, 4) is 0 Å². The van der Waals surface area contributed by atoms with Crippen molar-refractivity contribution in [3.63, 3.8) is 0 Å². The van der Waals surface area contributed by atoms with Gasteiger partial charge in [-0.3, -0.25) is 9.69 Å². The molecule has 2 rings (SSSR count). The highest BCUT2D eigenvalue weighted by Gasteiger charge is 2.37. The fourth-order valence-corrected chi connectivity index (χ4v) is 3.57. The van der Waals surface area contributed by atoms with Crippen molar-refractivity contribution in [2.75, 3.05) is 13.1 Å². The van der Waals surface area contributed by atoms with E-state index in [0.717, 1.165) is 25.9 Å². The zero-order chi connectivity index (χ0) is 12.3. The van der Waals surface area contributed by atoms with E-state index in [1.165, 1.54) is 32.1 Å². The van der Waals surface area contributed by atoms with E-state index in [1.54, 1.807) is 0 Å². The zero-order valence-electron chi connectivity index (χ0n) is 10.6. The highest BCUT2D eigenvalue weighted by Crippen LogP contribution is 2.31. The lowest BCUT2D eigenvalue weighted by Gasteiger charge is -2.35. The predicted octanol–water partition coefficient (Wildman–Crippen LogP) is 0.844. The summed E-state index contributed by atoms with van der Waals surface area (Å²) in [5, 5.41) is 0. The second-order valence-corrected chi connectivity index (χ2v) is 5.50. The summed E-state index contributed by atoms with van der Waals surface area (Å²) in [6, 6.07) is 0.453. The molecule has 1 heterocycles. The highest BCUT2D eigenvalue weighted by atomic mass is 16.1. The van der Waals surface area contributed by atoms with E-state index in [-0.39, 0.29) is 11.9 Å². The zero-order valence-corrected chi connectivity index (χ0v) is 10.6. The van der Waals surface area contributed by atoms with Gasteiger partial charge in [-0.2, -0.15) is 0 Å². The van der Waals surface area contributed by atoms with Gasteiger partial charge in [0.1, 0.15) is 0 Å². The van der Waals surface area contributed by atoms with Gasteiger partial charge in [0, 0.05) is 6.04 Å². The molecule has 0 aromatic carbocycles. The van der Waals surface area contributed by atoms with Crippen LogP contribution in [0.2, 0.25) is 0 Å². The summed E-state index contributed by atoms with van der Waals surface area (Å²) >= 11 is 0. The standard InChI is InChI=1S/C13H25N3O/c14-9-10-5-2-1-3-6-11(10)16-8-4-7-12(16)13(15)17/h10-12H,1-9,14H2,(H2,15,17). The Morgan fingerprint density at radius 3 is 2.59 bits per heavy atom. The first-order valence-corrected chi connectivity index (χ1v) is 6.99. The lowest BCUT2D eigenvalue weighted by Crippen LogP contribution is -2.49. The van der Waals surface area contributed by atoms with Gasteiger partial charge < -0.3 is 11.5 Å². The van der Waals surface area contributed by atoms with Crippen LogP contribution in [-0.4, -0.2) is 36.0 Å². The van der Waals surface area contributed by atoms with Crippen LogP contribution < -0.4 is 11.5 Å². The molecule has 2 fully saturated rings. The van der Waals surface area contributed by atoms with Gasteiger partial charge in [0.2, 0.25) is 5.91 Å². The molecule has 1 aliphatic carbocycles. The first kappa shape index (κ1) is 12.8. The summed E-state index contributed by atoms with van der Waals surface area (Å²) in [5.74, 6) is 0.403. The van der Waals surface area contributed by atoms with Crippen molar-refractivity contribution in [2.24, 2.45) is 17.4 Å². The number of carbonyl (C=O) groups excluding carboxylic acids is 1. The number of primary amides is 1. The van der Waals surface area contributed by atoms with Gasteiger partial charge in [-0.1, -0.05) is 19.3 Å². The molecule has 4 nitrogen and oxygen atoms in total. The third kappa shape index (κ3) is 2.80. The van der Waals surface area contributed by atoms with E-state index in [0.29, 0.717) is 12.0 Å². The molecule has 1 amide bonds. The van der Waals surface area contributed by atoms with Crippen LogP contribution in [0.3, 0.4) is 0 Å². The van der Waals surface area contributed by atoms with Crippen molar-refractivity contribution in [3.05, 3.63) is 0 Å². The molecule has 17 heavy (non-hydrogen) atoms. The molecular weight excluding hydrogens is 214 g/mol. The lowest BCUT2D eigenvalue weighted by molar-refractivity contribution is -0.123. The Bertz CT molecular complexity index is 269. The summed E-state index contributed by atoms with van der Waals surface area (Å²) in [4.78, 5) is 13.8. The Kier molecular flexibility index (Phi) is 4.40. The predicted molar refractivity (Wildman–Crippen MR) is 68.3 cm³/mol. The lowest BCUT2D eigenvalue weighted by atomic mass is 9.93. The Hall–Kier alpha value is -0.610. The van der Waals surface area contributed by atoms with Crippen LogP contribution in [0.5, 0.6) is 0 Å². The van der Waals surface area contributed by atoms with E-state index in [9.17, 15) is 4.79 Å². The minimum Gasteiger partial charge on any atom is -0.368 e. The molecule has 0 aromatic heterocycles. The number of hydrogen-bond acceptors (Lipinski definition) is 3. The van der Waals surface area contributed by atoms with Crippen molar-refractivity contribution in [2.45, 2.75) is 57.0 Å². The van der Waals surface area contributed by atoms with Crippen molar-refractivity contribution in [1.29, 1.82) is 0 Å². The number of rotatable bonds is 3. The maximum absolute atomic E-state index is 11.5. The highest BCUT2D eigenvalue weighted by molar-refractivity contribution is 5.80. The van der Waals surface area contributed by atoms with E-state index in [2.05, 4.69) is 4.90 Å². The first-order chi connectivity index (χ1) is 8.24. The average Bonchev–Trinajstić information content (AvgIpc) is 2.68. The number of carbonyl (C=O) groups is 1. The van der Waals surface area contributed by atoms with Crippen molar-refractivity contribution >= 4 is 5.91 Å². The summed E-state index contributed by atoms with van der Waals surface area (Å²) < 4.78 is 0. The maximum atomic E-state index is 11.5. The van der Waals surface area contributed by atoms with Gasteiger partial charge in [0.05, 0.1) is 6.04 Å². The molecule has 98 valence electrons. The number of nitrogens with two attached hydrogens (primary N) is 2. The van der Waals surface area contributed by atoms with E-state index >= 15 is 0 Å². The van der Waals surface area contributed by atoms with Gasteiger partial charge in [-0.15, -0.1) is 0 Å². The average molecular weight is 239 g/mol. The fourth-order valence-electron chi connectivity index (χ4n) is 3.57. The molecule has 0 radical (unpaired) electrons. The maximum Gasteiger partial charge on any atom is 0.234 e. The van der Waals surface area contributed by atoms with Gasteiger partial charge in [-0.25, -0.2) is 0 Å². The molecular formula is C13H25N3O. The molecule has 2 aliphatic rings. The van der Waals surface area contributed by atoms with E-state index in [1.807, 2.05) is 0 Å². The van der Waals surface area contributed by atoms with E-state index in [4.69, 9.17) is 11.5 Å². The molecule has 1 saturated carbocycles. The van der Waals surface area contributed by atoms with Crippen LogP contribution in [0.4, 0.5) is 0 Å². The Morgan fingerprint density at radius 1 is 1.12 bits per heavy atom. The molecule has 3 atom stereocenters. The molecule has 0 spiro atoms. The molecule has 0 bridgehead atoms. The second-order valence-electron chi connectivity index (χ2n) is 5.50. The minimum absolute atomic E-state index is 0.0350. The van der Waals surface area contributed by atoms with Gasteiger partial charge in [0.15, 0.2) is 0 Å². The smallest absolute Gasteiger partial charge is 0.234 e. The molecule has 1 aliphatic heterocycles. The number of amides is 1. The monoisotopic (exact) mass is 239 g/mol. The first-order valence-electron chi connectivity index (χ1n) is 6.99. The van der Waals surface area contributed by atoms with Crippen LogP contribution in [0.1, 0.15) is 44.9 Å². The quantitative estimate of drug-likeness (QED) is 0.717. The minimum atomic E-state index is -0.150. The van der Waals surface area contributed by atoms with Gasteiger partial charge in [-0.05, 0) is 44.7 Å². The van der Waals surface area contributed by atoms with Crippen LogP contribution in [0.25, 0.3) is 0 Å². The van der Waals surface area contributed by atoms with Crippen molar-refractivity contribution < 1.29 is 4.79 Å². The number of likely N-dealkylation sites (tertiary alicyclic amines) is 1.